The van der Waals surface area contributed by atoms with Gasteiger partial charge in [0, 0.05) is 12.0 Å². The molecule has 6 nitrogen and oxygen atoms in total. The summed E-state index contributed by atoms with van der Waals surface area (Å²) in [5, 5.41) is 23.3. The van der Waals surface area contributed by atoms with Crippen LogP contribution in [0.2, 0.25) is 0 Å². The fourth-order valence-corrected chi connectivity index (χ4v) is 5.03. The maximum absolute atomic E-state index is 14.6. The number of aliphatic hydroxyl groups is 1. The minimum Gasteiger partial charge on any atom is -0.388 e. The summed E-state index contributed by atoms with van der Waals surface area (Å²) in [5.41, 5.74) is 6.20. The Labute approximate surface area is 183 Å². The first kappa shape index (κ1) is 22.9. The van der Waals surface area contributed by atoms with E-state index in [9.17, 15) is 18.7 Å². The van der Waals surface area contributed by atoms with Crippen LogP contribution in [0.25, 0.3) is 0 Å². The van der Waals surface area contributed by atoms with Crippen LogP contribution in [0, 0.1) is 23.0 Å². The Hall–Kier alpha value is -2.78. The average molecular weight is 447 g/mol. The van der Waals surface area contributed by atoms with E-state index >= 15 is 0 Å². The van der Waals surface area contributed by atoms with Gasteiger partial charge in [-0.3, -0.25) is 10.2 Å². The van der Waals surface area contributed by atoms with Crippen LogP contribution < -0.4 is 5.73 Å². The second kappa shape index (κ2) is 9.15. The number of hydrogen-bond donors (Lipinski definition) is 3. The number of carbonyl (C=O) groups excluding carboxylic acids is 1. The molecule has 0 radical (unpaired) electrons. The van der Waals surface area contributed by atoms with Gasteiger partial charge in [0.1, 0.15) is 27.7 Å². The van der Waals surface area contributed by atoms with Gasteiger partial charge in [-0.2, -0.15) is 5.10 Å². The fraction of sp³-hybridized carbons (Fsp3) is 0.318. The number of hydrazone groups is 1. The monoisotopic (exact) mass is 446 g/mol. The molecule has 0 aliphatic carbocycles. The highest BCUT2D eigenvalue weighted by atomic mass is 32.2. The van der Waals surface area contributed by atoms with Gasteiger partial charge in [-0.25, -0.2) is 13.8 Å². The van der Waals surface area contributed by atoms with Gasteiger partial charge in [0.25, 0.3) is 5.91 Å². The summed E-state index contributed by atoms with van der Waals surface area (Å²) < 4.78 is 28.4. The molecule has 1 amide bonds. The zero-order valence-electron chi connectivity index (χ0n) is 17.2. The second-order valence-electron chi connectivity index (χ2n) is 7.48. The molecule has 3 atom stereocenters. The average Bonchev–Trinajstić information content (AvgIpc) is 3.15. The van der Waals surface area contributed by atoms with Crippen LogP contribution in [0.15, 0.2) is 53.6 Å². The van der Waals surface area contributed by atoms with E-state index in [1.807, 2.05) is 25.1 Å². The smallest absolute Gasteiger partial charge is 0.272 e. The van der Waals surface area contributed by atoms with Crippen LogP contribution in [-0.2, 0) is 9.67 Å². The lowest BCUT2D eigenvalue weighted by Gasteiger charge is -2.41. The topological polar surface area (TPSA) is 103 Å². The van der Waals surface area contributed by atoms with Crippen molar-refractivity contribution in [2.75, 3.05) is 0 Å². The predicted molar refractivity (Wildman–Crippen MR) is 117 cm³/mol. The quantitative estimate of drug-likeness (QED) is 0.445. The lowest BCUT2D eigenvalue weighted by atomic mass is 9.89. The molecule has 0 aromatic heterocycles. The lowest BCUT2D eigenvalue weighted by molar-refractivity contribution is -0.144. The summed E-state index contributed by atoms with van der Waals surface area (Å²) in [5.74, 6) is -2.27. The number of halogens is 2. The summed E-state index contributed by atoms with van der Waals surface area (Å²) in [4.78, 5) is 11.9. The Balaban J connectivity index is 2.18. The number of benzene rings is 2. The summed E-state index contributed by atoms with van der Waals surface area (Å²) in [7, 11) is 0. The Morgan fingerprint density at radius 3 is 2.55 bits per heavy atom. The standard InChI is InChI=1S/C22H24F2N4O2S/c1-13(8-11-19(25)26)22(15-6-4-3-5-7-15)28(21(30)14(2)29)27-20(31-22)17-12-16(23)9-10-18(17)24/h3-7,9-10,12-14,29H,8,11H2,1-2H3,(H3,25,26). The minimum atomic E-state index is -1.36. The second-order valence-corrected chi connectivity index (χ2v) is 8.70. The van der Waals surface area contributed by atoms with E-state index in [1.165, 1.54) is 11.9 Å². The number of nitrogens with two attached hydrogens (primary N) is 1. The van der Waals surface area contributed by atoms with Gasteiger partial charge in [-0.1, -0.05) is 49.0 Å². The highest BCUT2D eigenvalue weighted by Gasteiger charge is 2.53. The van der Waals surface area contributed by atoms with E-state index < -0.39 is 28.5 Å². The van der Waals surface area contributed by atoms with E-state index in [0.717, 1.165) is 30.0 Å². The Bertz CT molecular complexity index is 1020. The third-order valence-electron chi connectivity index (χ3n) is 5.18. The SMILES string of the molecule is CC(O)C(=O)N1N=C(c2cc(F)ccc2F)SC1(c1ccccc1)C(C)CCC(=N)N. The van der Waals surface area contributed by atoms with Gasteiger partial charge >= 0.3 is 0 Å². The summed E-state index contributed by atoms with van der Waals surface area (Å²) in [6.07, 6.45) is -0.629. The molecular formula is C22H24F2N4O2S. The molecule has 4 N–H and O–H groups in total. The zero-order valence-corrected chi connectivity index (χ0v) is 18.0. The van der Waals surface area contributed by atoms with Crippen molar-refractivity contribution in [3.8, 4) is 0 Å². The molecule has 2 aromatic rings. The van der Waals surface area contributed by atoms with E-state index in [4.69, 9.17) is 11.1 Å². The third kappa shape index (κ3) is 4.47. The first-order chi connectivity index (χ1) is 14.7. The van der Waals surface area contributed by atoms with E-state index in [0.29, 0.717) is 12.0 Å². The summed E-state index contributed by atoms with van der Waals surface area (Å²) in [6, 6.07) is 12.1. The van der Waals surface area contributed by atoms with Gasteiger partial charge in [-0.15, -0.1) is 0 Å². The highest BCUT2D eigenvalue weighted by Crippen LogP contribution is 2.53. The lowest BCUT2D eigenvalue weighted by Crippen LogP contribution is -2.49. The molecule has 0 saturated heterocycles. The molecule has 3 rings (SSSR count). The normalized spacial score (nSPS) is 20.3. The highest BCUT2D eigenvalue weighted by molar-refractivity contribution is 8.15. The molecular weight excluding hydrogens is 422 g/mol. The van der Waals surface area contributed by atoms with Crippen molar-refractivity contribution < 1.29 is 18.7 Å². The van der Waals surface area contributed by atoms with Gasteiger partial charge in [0.15, 0.2) is 0 Å². The molecule has 9 heteroatoms. The number of aliphatic hydroxyl groups excluding tert-OH is 1. The molecule has 1 aliphatic rings. The Morgan fingerprint density at radius 2 is 1.94 bits per heavy atom. The fourth-order valence-electron chi connectivity index (χ4n) is 3.56. The van der Waals surface area contributed by atoms with Gasteiger partial charge < -0.3 is 10.8 Å². The van der Waals surface area contributed by atoms with Crippen molar-refractivity contribution in [3.05, 3.63) is 71.3 Å². The molecule has 0 bridgehead atoms. The predicted octanol–water partition coefficient (Wildman–Crippen LogP) is 3.79. The molecule has 0 fully saturated rings. The van der Waals surface area contributed by atoms with Gasteiger partial charge in [-0.05, 0) is 43.0 Å². The van der Waals surface area contributed by atoms with Crippen LogP contribution >= 0.6 is 11.8 Å². The third-order valence-corrected chi connectivity index (χ3v) is 6.80. The van der Waals surface area contributed by atoms with Crippen molar-refractivity contribution in [2.45, 2.75) is 37.7 Å². The number of hydrogen-bond acceptors (Lipinski definition) is 5. The van der Waals surface area contributed by atoms with E-state index in [2.05, 4.69) is 5.10 Å². The summed E-state index contributed by atoms with van der Waals surface area (Å²) in [6.45, 7) is 3.21. The van der Waals surface area contributed by atoms with Crippen LogP contribution in [0.4, 0.5) is 8.78 Å². The number of carbonyl (C=O) groups is 1. The van der Waals surface area contributed by atoms with Crippen molar-refractivity contribution >= 4 is 28.5 Å². The van der Waals surface area contributed by atoms with Crippen LogP contribution in [0.3, 0.4) is 0 Å². The van der Waals surface area contributed by atoms with Crippen LogP contribution in [0.1, 0.15) is 37.8 Å². The number of amides is 1. The van der Waals surface area contributed by atoms with E-state index in [-0.39, 0.29) is 28.8 Å². The van der Waals surface area contributed by atoms with E-state index in [1.54, 1.807) is 12.1 Å². The first-order valence-corrected chi connectivity index (χ1v) is 10.6. The number of nitrogens with zero attached hydrogens (tertiary/aromatic N) is 2. The number of amidine groups is 1. The molecule has 31 heavy (non-hydrogen) atoms. The molecule has 2 aromatic carbocycles. The maximum Gasteiger partial charge on any atom is 0.272 e. The first-order valence-electron chi connectivity index (χ1n) is 9.80. The molecule has 1 aliphatic heterocycles. The Kier molecular flexibility index (Phi) is 6.76. The number of nitrogens with one attached hydrogen (secondary N) is 1. The van der Waals surface area contributed by atoms with Crippen molar-refractivity contribution in [1.82, 2.24) is 5.01 Å². The van der Waals surface area contributed by atoms with Crippen molar-refractivity contribution in [2.24, 2.45) is 16.8 Å². The number of thioether (sulfide) groups is 1. The molecule has 1 heterocycles. The number of rotatable bonds is 7. The molecule has 164 valence electrons. The largest absolute Gasteiger partial charge is 0.388 e. The molecule has 0 spiro atoms. The minimum absolute atomic E-state index is 0.00350. The molecule has 3 unspecified atom stereocenters. The maximum atomic E-state index is 14.6. The summed E-state index contributed by atoms with van der Waals surface area (Å²) >= 11 is 1.13. The van der Waals surface area contributed by atoms with Crippen LogP contribution in [0.5, 0.6) is 0 Å². The van der Waals surface area contributed by atoms with Gasteiger partial charge in [0.05, 0.1) is 5.84 Å². The molecule has 0 saturated carbocycles. The van der Waals surface area contributed by atoms with Crippen molar-refractivity contribution in [3.63, 3.8) is 0 Å². The van der Waals surface area contributed by atoms with Crippen LogP contribution in [-0.4, -0.2) is 33.0 Å². The zero-order chi connectivity index (χ0) is 22.8. The van der Waals surface area contributed by atoms with Gasteiger partial charge in [0.2, 0.25) is 0 Å². The van der Waals surface area contributed by atoms with Crippen molar-refractivity contribution in [1.29, 1.82) is 5.41 Å². The Morgan fingerprint density at radius 1 is 1.26 bits per heavy atom.